The standard InChI is InChI=1S/C21H27N7O2/c29-17-6-3-5-16(17)28-19(30)8-7-18(26-28)27-11-2-1-4-14(27)12-23-21-15-9-10-22-20(15)24-13-25-21/h7-10,13-14,16-17,29H,1-6,11-12H2,(H2,22,23,24,25). The van der Waals surface area contributed by atoms with E-state index in [1.54, 1.807) is 12.4 Å². The maximum atomic E-state index is 12.4. The minimum Gasteiger partial charge on any atom is -0.391 e. The quantitative estimate of drug-likeness (QED) is 0.591. The molecule has 9 nitrogen and oxygen atoms in total. The van der Waals surface area contributed by atoms with E-state index in [9.17, 15) is 9.90 Å². The molecule has 2 fully saturated rings. The molecule has 9 heteroatoms. The average Bonchev–Trinajstić information content (AvgIpc) is 3.42. The van der Waals surface area contributed by atoms with Crippen molar-refractivity contribution in [3.05, 3.63) is 41.1 Å². The van der Waals surface area contributed by atoms with Crippen LogP contribution in [0.1, 0.15) is 44.6 Å². The number of aliphatic hydroxyl groups excluding tert-OH is 1. The van der Waals surface area contributed by atoms with Crippen molar-refractivity contribution < 1.29 is 5.11 Å². The molecule has 3 N–H and O–H groups in total. The molecule has 2 aliphatic rings. The van der Waals surface area contributed by atoms with Gasteiger partial charge >= 0.3 is 0 Å². The van der Waals surface area contributed by atoms with Gasteiger partial charge in [-0.3, -0.25) is 4.79 Å². The summed E-state index contributed by atoms with van der Waals surface area (Å²) in [7, 11) is 0. The lowest BCUT2D eigenvalue weighted by Gasteiger charge is -2.37. The minimum atomic E-state index is -0.495. The number of hydrogen-bond acceptors (Lipinski definition) is 7. The SMILES string of the molecule is O=c1ccc(N2CCCCC2CNc2ncnc3[nH]ccc23)nn1C1CCCC1O. The summed E-state index contributed by atoms with van der Waals surface area (Å²) in [5.74, 6) is 1.62. The fourth-order valence-electron chi connectivity index (χ4n) is 4.75. The molecular formula is C21H27N7O2. The molecule has 1 saturated carbocycles. The van der Waals surface area contributed by atoms with Crippen molar-refractivity contribution >= 4 is 22.7 Å². The highest BCUT2D eigenvalue weighted by Gasteiger charge is 2.30. The van der Waals surface area contributed by atoms with Crippen molar-refractivity contribution in [2.24, 2.45) is 0 Å². The first-order valence-electron chi connectivity index (χ1n) is 10.8. The lowest BCUT2D eigenvalue weighted by atomic mass is 10.0. The van der Waals surface area contributed by atoms with Crippen molar-refractivity contribution in [3.8, 4) is 0 Å². The van der Waals surface area contributed by atoms with Crippen LogP contribution in [0.4, 0.5) is 11.6 Å². The Morgan fingerprint density at radius 1 is 1.13 bits per heavy atom. The number of rotatable bonds is 5. The van der Waals surface area contributed by atoms with Crippen molar-refractivity contribution in [2.45, 2.75) is 56.7 Å². The number of fused-ring (bicyclic) bond motifs is 1. The molecule has 1 saturated heterocycles. The van der Waals surface area contributed by atoms with Crippen molar-refractivity contribution in [1.29, 1.82) is 0 Å². The lowest BCUT2D eigenvalue weighted by molar-refractivity contribution is 0.127. The fourth-order valence-corrected chi connectivity index (χ4v) is 4.75. The summed E-state index contributed by atoms with van der Waals surface area (Å²) in [4.78, 5) is 26.4. The van der Waals surface area contributed by atoms with E-state index in [1.807, 2.05) is 18.3 Å². The third-order valence-electron chi connectivity index (χ3n) is 6.35. The van der Waals surface area contributed by atoms with E-state index < -0.39 is 6.10 Å². The van der Waals surface area contributed by atoms with Crippen LogP contribution in [0.3, 0.4) is 0 Å². The number of nitrogens with one attached hydrogen (secondary N) is 2. The Bertz CT molecular complexity index is 1080. The summed E-state index contributed by atoms with van der Waals surface area (Å²) in [6, 6.07) is 5.39. The van der Waals surface area contributed by atoms with Gasteiger partial charge in [0.15, 0.2) is 0 Å². The monoisotopic (exact) mass is 409 g/mol. The Morgan fingerprint density at radius 3 is 2.93 bits per heavy atom. The van der Waals surface area contributed by atoms with Crippen molar-refractivity contribution in [1.82, 2.24) is 24.7 Å². The molecule has 3 unspecified atom stereocenters. The summed E-state index contributed by atoms with van der Waals surface area (Å²) >= 11 is 0. The summed E-state index contributed by atoms with van der Waals surface area (Å²) in [6.07, 6.45) is 8.67. The molecule has 3 aromatic heterocycles. The summed E-state index contributed by atoms with van der Waals surface area (Å²) in [5, 5.41) is 19.4. The second kappa shape index (κ2) is 8.06. The van der Waals surface area contributed by atoms with Gasteiger partial charge in [-0.05, 0) is 50.7 Å². The first kappa shape index (κ1) is 19.0. The van der Waals surface area contributed by atoms with Gasteiger partial charge in [-0.2, -0.15) is 5.10 Å². The number of piperidine rings is 1. The number of hydrogen-bond donors (Lipinski definition) is 3. The van der Waals surface area contributed by atoms with Gasteiger partial charge in [-0.15, -0.1) is 0 Å². The normalized spacial score (nSPS) is 24.4. The van der Waals surface area contributed by atoms with E-state index in [-0.39, 0.29) is 17.6 Å². The number of H-pyrrole nitrogens is 1. The average molecular weight is 409 g/mol. The number of aromatic nitrogens is 5. The maximum absolute atomic E-state index is 12.4. The van der Waals surface area contributed by atoms with Gasteiger partial charge in [0.2, 0.25) is 0 Å². The predicted molar refractivity (Wildman–Crippen MR) is 115 cm³/mol. The van der Waals surface area contributed by atoms with E-state index in [2.05, 4.69) is 30.3 Å². The topological polar surface area (TPSA) is 112 Å². The van der Waals surface area contributed by atoms with E-state index in [1.165, 1.54) is 4.68 Å². The van der Waals surface area contributed by atoms with Crippen LogP contribution in [-0.2, 0) is 0 Å². The Morgan fingerprint density at radius 2 is 2.07 bits per heavy atom. The third-order valence-corrected chi connectivity index (χ3v) is 6.35. The van der Waals surface area contributed by atoms with Crippen LogP contribution in [0, 0.1) is 0 Å². The Kier molecular flexibility index (Phi) is 5.12. The van der Waals surface area contributed by atoms with Crippen LogP contribution in [0.15, 0.2) is 35.5 Å². The number of anilines is 2. The van der Waals surface area contributed by atoms with Gasteiger partial charge in [0, 0.05) is 31.4 Å². The van der Waals surface area contributed by atoms with Crippen molar-refractivity contribution in [3.63, 3.8) is 0 Å². The molecule has 5 rings (SSSR count). The molecule has 1 aliphatic heterocycles. The van der Waals surface area contributed by atoms with E-state index in [4.69, 9.17) is 0 Å². The van der Waals surface area contributed by atoms with Gasteiger partial charge in [0.25, 0.3) is 5.56 Å². The smallest absolute Gasteiger partial charge is 0.267 e. The Balaban J connectivity index is 1.37. The molecule has 4 heterocycles. The second-order valence-electron chi connectivity index (χ2n) is 8.23. The minimum absolute atomic E-state index is 0.146. The third kappa shape index (κ3) is 3.54. The van der Waals surface area contributed by atoms with Gasteiger partial charge < -0.3 is 20.3 Å². The van der Waals surface area contributed by atoms with E-state index >= 15 is 0 Å². The largest absolute Gasteiger partial charge is 0.391 e. The zero-order valence-corrected chi connectivity index (χ0v) is 16.9. The van der Waals surface area contributed by atoms with Crippen LogP contribution < -0.4 is 15.8 Å². The van der Waals surface area contributed by atoms with Gasteiger partial charge in [0.1, 0.15) is 23.6 Å². The van der Waals surface area contributed by atoms with Crippen molar-refractivity contribution in [2.75, 3.05) is 23.3 Å². The van der Waals surface area contributed by atoms with E-state index in [0.29, 0.717) is 0 Å². The van der Waals surface area contributed by atoms with E-state index in [0.717, 1.165) is 74.3 Å². The number of nitrogens with zero attached hydrogens (tertiary/aromatic N) is 5. The van der Waals surface area contributed by atoms with Crippen LogP contribution in [0.25, 0.3) is 11.0 Å². The highest BCUT2D eigenvalue weighted by Crippen LogP contribution is 2.29. The zero-order valence-electron chi connectivity index (χ0n) is 16.9. The Hall–Kier alpha value is -2.94. The van der Waals surface area contributed by atoms with Gasteiger partial charge in [-0.25, -0.2) is 14.6 Å². The number of aromatic amines is 1. The summed E-state index contributed by atoms with van der Waals surface area (Å²) in [5.41, 5.74) is 0.670. The zero-order chi connectivity index (χ0) is 20.5. The molecule has 30 heavy (non-hydrogen) atoms. The molecule has 158 valence electrons. The highest BCUT2D eigenvalue weighted by molar-refractivity contribution is 5.86. The molecule has 1 aliphatic carbocycles. The fraction of sp³-hybridized carbons (Fsp3) is 0.524. The van der Waals surface area contributed by atoms with Crippen LogP contribution in [0.5, 0.6) is 0 Å². The van der Waals surface area contributed by atoms with Crippen LogP contribution in [0.2, 0.25) is 0 Å². The van der Waals surface area contributed by atoms with Crippen LogP contribution in [-0.4, -0.2) is 55.1 Å². The van der Waals surface area contributed by atoms with Gasteiger partial charge in [-0.1, -0.05) is 0 Å². The maximum Gasteiger partial charge on any atom is 0.267 e. The highest BCUT2D eigenvalue weighted by atomic mass is 16.3. The van der Waals surface area contributed by atoms with Crippen LogP contribution >= 0.6 is 0 Å². The second-order valence-corrected chi connectivity index (χ2v) is 8.23. The van der Waals surface area contributed by atoms with Gasteiger partial charge in [0.05, 0.1) is 17.5 Å². The Labute approximate surface area is 174 Å². The molecular weight excluding hydrogens is 382 g/mol. The molecule has 0 aromatic carbocycles. The summed E-state index contributed by atoms with van der Waals surface area (Å²) in [6.45, 7) is 1.62. The first-order valence-corrected chi connectivity index (χ1v) is 10.8. The molecule has 0 radical (unpaired) electrons. The predicted octanol–water partition coefficient (Wildman–Crippen LogP) is 2.07. The number of aliphatic hydroxyl groups is 1. The molecule has 3 aromatic rings. The molecule has 0 bridgehead atoms. The summed E-state index contributed by atoms with van der Waals surface area (Å²) < 4.78 is 1.50. The molecule has 0 spiro atoms. The first-order chi connectivity index (χ1) is 14.7. The molecule has 0 amide bonds. The molecule has 3 atom stereocenters. The lowest BCUT2D eigenvalue weighted by Crippen LogP contribution is -2.45.